The number of methoxy groups -OCH3 is 1. The molecule has 2 aromatic rings. The third-order valence-corrected chi connectivity index (χ3v) is 2.39. The largest absolute Gasteiger partial charge is 0.491 e. The van der Waals surface area contributed by atoms with Crippen molar-refractivity contribution in [2.45, 2.75) is 0 Å². The quantitative estimate of drug-likeness (QED) is 0.875. The van der Waals surface area contributed by atoms with Crippen LogP contribution in [0.4, 0.5) is 5.82 Å². The van der Waals surface area contributed by atoms with Gasteiger partial charge in [0.15, 0.2) is 11.6 Å². The molecule has 0 unspecified atom stereocenters. The van der Waals surface area contributed by atoms with E-state index in [1.807, 2.05) is 6.07 Å². The van der Waals surface area contributed by atoms with Crippen LogP contribution in [0.1, 0.15) is 5.56 Å². The van der Waals surface area contributed by atoms with Gasteiger partial charge in [0.1, 0.15) is 18.1 Å². The van der Waals surface area contributed by atoms with E-state index >= 15 is 0 Å². The third-order valence-electron chi connectivity index (χ3n) is 2.39. The molecule has 0 fully saturated rings. The van der Waals surface area contributed by atoms with Crippen molar-refractivity contribution in [2.75, 3.05) is 19.5 Å². The molecular formula is C12H11N5O. The Hall–Kier alpha value is -2.68. The average molecular weight is 241 g/mol. The van der Waals surface area contributed by atoms with Gasteiger partial charge in [-0.05, 0) is 6.07 Å². The molecule has 0 bridgehead atoms. The van der Waals surface area contributed by atoms with Crippen molar-refractivity contribution in [1.29, 1.82) is 5.26 Å². The Morgan fingerprint density at radius 3 is 2.83 bits per heavy atom. The maximum absolute atomic E-state index is 8.87. The van der Waals surface area contributed by atoms with Crippen molar-refractivity contribution in [3.8, 4) is 23.1 Å². The van der Waals surface area contributed by atoms with Gasteiger partial charge < -0.3 is 10.1 Å². The van der Waals surface area contributed by atoms with Crippen LogP contribution in [0.5, 0.6) is 5.75 Å². The van der Waals surface area contributed by atoms with Gasteiger partial charge in [-0.25, -0.2) is 9.97 Å². The van der Waals surface area contributed by atoms with Crippen molar-refractivity contribution in [3.05, 3.63) is 30.4 Å². The van der Waals surface area contributed by atoms with E-state index in [-0.39, 0.29) is 0 Å². The number of pyridine rings is 1. The summed E-state index contributed by atoms with van der Waals surface area (Å²) in [5.41, 5.74) is 1.78. The van der Waals surface area contributed by atoms with E-state index in [0.717, 1.165) is 0 Å². The summed E-state index contributed by atoms with van der Waals surface area (Å²) in [7, 11) is 3.29. The zero-order chi connectivity index (χ0) is 13.0. The van der Waals surface area contributed by atoms with Crippen LogP contribution >= 0.6 is 0 Å². The lowest BCUT2D eigenvalue weighted by Crippen LogP contribution is -2.00. The fourth-order valence-electron chi connectivity index (χ4n) is 1.58. The number of anilines is 1. The Balaban J connectivity index is 2.60. The summed E-state index contributed by atoms with van der Waals surface area (Å²) in [6, 6.07) is 3.75. The number of rotatable bonds is 3. The highest BCUT2D eigenvalue weighted by Crippen LogP contribution is 2.32. The number of nitriles is 1. The van der Waals surface area contributed by atoms with Gasteiger partial charge in [0.2, 0.25) is 0 Å². The first-order valence-corrected chi connectivity index (χ1v) is 5.22. The van der Waals surface area contributed by atoms with Crippen LogP contribution in [0.15, 0.2) is 24.8 Å². The van der Waals surface area contributed by atoms with E-state index in [2.05, 4.69) is 20.3 Å². The molecular weight excluding hydrogens is 230 g/mol. The van der Waals surface area contributed by atoms with Crippen LogP contribution in [0.2, 0.25) is 0 Å². The molecule has 0 spiro atoms. The van der Waals surface area contributed by atoms with Crippen molar-refractivity contribution in [1.82, 2.24) is 15.0 Å². The molecule has 18 heavy (non-hydrogen) atoms. The molecule has 0 atom stereocenters. The first-order valence-electron chi connectivity index (χ1n) is 5.22. The number of ether oxygens (including phenoxy) is 1. The molecule has 0 radical (unpaired) electrons. The fourth-order valence-corrected chi connectivity index (χ4v) is 1.58. The first-order chi connectivity index (χ1) is 8.80. The summed E-state index contributed by atoms with van der Waals surface area (Å²) in [5.74, 6) is 1.11. The molecule has 0 amide bonds. The maximum atomic E-state index is 8.87. The van der Waals surface area contributed by atoms with Crippen LogP contribution in [-0.2, 0) is 0 Å². The van der Waals surface area contributed by atoms with Gasteiger partial charge in [-0.15, -0.1) is 0 Å². The van der Waals surface area contributed by atoms with Gasteiger partial charge in [-0.1, -0.05) is 0 Å². The second-order valence-corrected chi connectivity index (χ2v) is 3.43. The van der Waals surface area contributed by atoms with Gasteiger partial charge in [0.05, 0.1) is 12.7 Å². The summed E-state index contributed by atoms with van der Waals surface area (Å²) in [6.07, 6.45) is 4.56. The minimum atomic E-state index is 0.471. The van der Waals surface area contributed by atoms with E-state index in [1.54, 1.807) is 26.4 Å². The summed E-state index contributed by atoms with van der Waals surface area (Å²) in [6.45, 7) is 0. The Bertz CT molecular complexity index is 606. The summed E-state index contributed by atoms with van der Waals surface area (Å²) in [5, 5.41) is 11.8. The van der Waals surface area contributed by atoms with E-state index in [4.69, 9.17) is 10.00 Å². The van der Waals surface area contributed by atoms with E-state index in [1.165, 1.54) is 12.5 Å². The molecule has 0 aliphatic rings. The van der Waals surface area contributed by atoms with Crippen molar-refractivity contribution in [3.63, 3.8) is 0 Å². The van der Waals surface area contributed by atoms with E-state index < -0.39 is 0 Å². The second kappa shape index (κ2) is 5.10. The minimum Gasteiger partial charge on any atom is -0.491 e. The predicted molar refractivity (Wildman–Crippen MR) is 66.1 cm³/mol. The van der Waals surface area contributed by atoms with Gasteiger partial charge in [-0.3, -0.25) is 4.98 Å². The number of hydrogen-bond donors (Lipinski definition) is 1. The molecule has 6 nitrogen and oxygen atoms in total. The van der Waals surface area contributed by atoms with Crippen molar-refractivity contribution in [2.24, 2.45) is 0 Å². The standard InChI is InChI=1S/C12H11N5O/c1-14-12-11(18-2)10(16-7-17-12)9-3-8(4-13)5-15-6-9/h3,5-7H,1-2H3,(H,14,16,17). The number of nitrogens with one attached hydrogen (secondary N) is 1. The summed E-state index contributed by atoms with van der Waals surface area (Å²) < 4.78 is 5.30. The predicted octanol–water partition coefficient (Wildman–Crippen LogP) is 1.46. The Morgan fingerprint density at radius 1 is 1.33 bits per heavy atom. The molecule has 2 rings (SSSR count). The molecule has 1 N–H and O–H groups in total. The lowest BCUT2D eigenvalue weighted by atomic mass is 10.1. The zero-order valence-electron chi connectivity index (χ0n) is 10.0. The molecule has 0 saturated heterocycles. The molecule has 0 aliphatic heterocycles. The van der Waals surface area contributed by atoms with Gasteiger partial charge in [0, 0.05) is 25.0 Å². The van der Waals surface area contributed by atoms with Gasteiger partial charge in [0.25, 0.3) is 0 Å². The smallest absolute Gasteiger partial charge is 0.187 e. The molecule has 0 aliphatic carbocycles. The van der Waals surface area contributed by atoms with Crippen LogP contribution in [0.3, 0.4) is 0 Å². The molecule has 6 heteroatoms. The molecule has 2 heterocycles. The molecule has 0 saturated carbocycles. The number of nitrogens with zero attached hydrogens (tertiary/aromatic N) is 4. The number of hydrogen-bond acceptors (Lipinski definition) is 6. The molecule has 90 valence electrons. The Labute approximate surface area is 104 Å². The highest BCUT2D eigenvalue weighted by atomic mass is 16.5. The van der Waals surface area contributed by atoms with E-state index in [0.29, 0.717) is 28.4 Å². The van der Waals surface area contributed by atoms with Crippen LogP contribution in [-0.4, -0.2) is 29.1 Å². The van der Waals surface area contributed by atoms with Crippen LogP contribution in [0.25, 0.3) is 11.3 Å². The first kappa shape index (κ1) is 11.8. The topological polar surface area (TPSA) is 83.7 Å². The van der Waals surface area contributed by atoms with E-state index in [9.17, 15) is 0 Å². The average Bonchev–Trinajstić information content (AvgIpc) is 2.46. The lowest BCUT2D eigenvalue weighted by molar-refractivity contribution is 0.415. The number of aromatic nitrogens is 3. The second-order valence-electron chi connectivity index (χ2n) is 3.43. The van der Waals surface area contributed by atoms with Gasteiger partial charge >= 0.3 is 0 Å². The van der Waals surface area contributed by atoms with Crippen molar-refractivity contribution < 1.29 is 4.74 Å². The van der Waals surface area contributed by atoms with Gasteiger partial charge in [-0.2, -0.15) is 5.26 Å². The lowest BCUT2D eigenvalue weighted by Gasteiger charge is -2.10. The van der Waals surface area contributed by atoms with Crippen LogP contribution < -0.4 is 10.1 Å². The van der Waals surface area contributed by atoms with Crippen molar-refractivity contribution >= 4 is 5.82 Å². The highest BCUT2D eigenvalue weighted by Gasteiger charge is 2.13. The highest BCUT2D eigenvalue weighted by molar-refractivity contribution is 5.72. The minimum absolute atomic E-state index is 0.471. The maximum Gasteiger partial charge on any atom is 0.187 e. The van der Waals surface area contributed by atoms with Crippen LogP contribution in [0, 0.1) is 11.3 Å². The SMILES string of the molecule is CNc1ncnc(-c2cncc(C#N)c2)c1OC. The third kappa shape index (κ3) is 2.06. The fraction of sp³-hybridized carbons (Fsp3) is 0.167. The zero-order valence-corrected chi connectivity index (χ0v) is 10.0. The molecule has 2 aromatic heterocycles. The normalized spacial score (nSPS) is 9.61. The summed E-state index contributed by atoms with van der Waals surface area (Å²) >= 11 is 0. The Kier molecular flexibility index (Phi) is 3.34. The monoisotopic (exact) mass is 241 g/mol. The molecule has 0 aromatic carbocycles. The Morgan fingerprint density at radius 2 is 2.17 bits per heavy atom. The summed E-state index contributed by atoms with van der Waals surface area (Å²) in [4.78, 5) is 12.2.